The summed E-state index contributed by atoms with van der Waals surface area (Å²) in [6, 6.07) is 8.13. The first kappa shape index (κ1) is 13.7. The van der Waals surface area contributed by atoms with Gasteiger partial charge in [-0.15, -0.1) is 0 Å². The van der Waals surface area contributed by atoms with Gasteiger partial charge in [0.1, 0.15) is 11.5 Å². The van der Waals surface area contributed by atoms with Gasteiger partial charge in [-0.3, -0.25) is 9.69 Å². The van der Waals surface area contributed by atoms with Gasteiger partial charge in [0.25, 0.3) is 0 Å². The fourth-order valence-electron chi connectivity index (χ4n) is 1.70. The molecular formula is C14H21NO2. The Morgan fingerprint density at radius 3 is 2.47 bits per heavy atom. The third-order valence-corrected chi connectivity index (χ3v) is 2.51. The molecule has 0 radical (unpaired) electrons. The van der Waals surface area contributed by atoms with Crippen molar-refractivity contribution in [3.05, 3.63) is 29.8 Å². The van der Waals surface area contributed by atoms with Crippen molar-refractivity contribution >= 4 is 5.78 Å². The van der Waals surface area contributed by atoms with Crippen LogP contribution in [-0.4, -0.2) is 37.4 Å². The molecule has 0 fully saturated rings. The van der Waals surface area contributed by atoms with E-state index in [0.29, 0.717) is 13.2 Å². The monoisotopic (exact) mass is 235 g/mol. The first-order valence-corrected chi connectivity index (χ1v) is 6.01. The Morgan fingerprint density at radius 1 is 1.29 bits per heavy atom. The number of nitrogens with zero attached hydrogens (tertiary/aromatic N) is 1. The number of hydrogen-bond acceptors (Lipinski definition) is 3. The fourth-order valence-corrected chi connectivity index (χ4v) is 1.70. The number of likely N-dealkylation sites (N-methyl/N-ethyl adjacent to an activating group) is 1. The Balaban J connectivity index is 2.38. The summed E-state index contributed by atoms with van der Waals surface area (Å²) in [5.41, 5.74) is 1.27. The van der Waals surface area contributed by atoms with Gasteiger partial charge in [-0.05, 0) is 45.0 Å². The molecule has 0 heterocycles. The maximum Gasteiger partial charge on any atom is 0.143 e. The molecule has 0 aliphatic heterocycles. The molecule has 1 aromatic carbocycles. The van der Waals surface area contributed by atoms with Gasteiger partial charge in [-0.25, -0.2) is 0 Å². The van der Waals surface area contributed by atoms with Crippen LogP contribution >= 0.6 is 0 Å². The smallest absolute Gasteiger partial charge is 0.143 e. The van der Waals surface area contributed by atoms with Crippen LogP contribution in [0.1, 0.15) is 19.4 Å². The van der Waals surface area contributed by atoms with E-state index in [1.54, 1.807) is 6.92 Å². The van der Waals surface area contributed by atoms with E-state index in [1.807, 2.05) is 31.0 Å². The third-order valence-electron chi connectivity index (χ3n) is 2.51. The van der Waals surface area contributed by atoms with Crippen molar-refractivity contribution in [2.75, 3.05) is 26.7 Å². The zero-order valence-corrected chi connectivity index (χ0v) is 10.9. The summed E-state index contributed by atoms with van der Waals surface area (Å²) in [6.07, 6.45) is 0.955. The van der Waals surface area contributed by atoms with Gasteiger partial charge in [-0.2, -0.15) is 0 Å². The van der Waals surface area contributed by atoms with Gasteiger partial charge < -0.3 is 4.74 Å². The molecule has 0 saturated heterocycles. The molecule has 0 atom stereocenters. The van der Waals surface area contributed by atoms with Gasteiger partial charge in [0.05, 0.1) is 13.2 Å². The molecule has 0 bridgehead atoms. The number of ether oxygens (including phenoxy) is 1. The molecule has 0 aromatic heterocycles. The summed E-state index contributed by atoms with van der Waals surface area (Å²) in [6.45, 7) is 5.71. The molecule has 1 aromatic rings. The lowest BCUT2D eigenvalue weighted by Gasteiger charge is -2.14. The highest BCUT2D eigenvalue weighted by molar-refractivity contribution is 5.77. The fraction of sp³-hybridized carbons (Fsp3) is 0.500. The molecule has 3 nitrogen and oxygen atoms in total. The maximum absolute atomic E-state index is 10.9. The van der Waals surface area contributed by atoms with Crippen molar-refractivity contribution in [1.29, 1.82) is 0 Å². The number of rotatable bonds is 7. The quantitative estimate of drug-likeness (QED) is 0.725. The topological polar surface area (TPSA) is 29.5 Å². The molecule has 1 rings (SSSR count). The predicted octanol–water partition coefficient (Wildman–Crippen LogP) is 2.15. The van der Waals surface area contributed by atoms with Crippen molar-refractivity contribution in [2.24, 2.45) is 0 Å². The minimum atomic E-state index is 0.208. The number of carbonyl (C=O) groups is 1. The van der Waals surface area contributed by atoms with Gasteiger partial charge in [0.2, 0.25) is 0 Å². The van der Waals surface area contributed by atoms with E-state index in [9.17, 15) is 4.79 Å². The summed E-state index contributed by atoms with van der Waals surface area (Å²) in [5.74, 6) is 1.12. The summed E-state index contributed by atoms with van der Waals surface area (Å²) in [5, 5.41) is 0. The van der Waals surface area contributed by atoms with Crippen molar-refractivity contribution < 1.29 is 9.53 Å². The van der Waals surface area contributed by atoms with Crippen LogP contribution in [0.15, 0.2) is 24.3 Å². The van der Waals surface area contributed by atoms with Gasteiger partial charge >= 0.3 is 0 Å². The van der Waals surface area contributed by atoms with E-state index in [1.165, 1.54) is 5.56 Å². The van der Waals surface area contributed by atoms with Crippen LogP contribution in [0.5, 0.6) is 5.75 Å². The van der Waals surface area contributed by atoms with Crippen LogP contribution in [0.25, 0.3) is 0 Å². The molecule has 0 unspecified atom stereocenters. The summed E-state index contributed by atoms with van der Waals surface area (Å²) < 4.78 is 5.38. The Kier molecular flexibility index (Phi) is 5.70. The average molecular weight is 235 g/mol. The highest BCUT2D eigenvalue weighted by atomic mass is 16.5. The van der Waals surface area contributed by atoms with E-state index in [2.05, 4.69) is 12.1 Å². The normalized spacial score (nSPS) is 10.6. The second-order valence-electron chi connectivity index (χ2n) is 4.27. The first-order valence-electron chi connectivity index (χ1n) is 6.01. The Hall–Kier alpha value is -1.35. The van der Waals surface area contributed by atoms with E-state index in [-0.39, 0.29) is 5.78 Å². The van der Waals surface area contributed by atoms with Crippen LogP contribution in [0, 0.1) is 0 Å². The number of Topliss-reactive ketones (excluding diaryl/α,β-unsaturated/α-hetero) is 1. The van der Waals surface area contributed by atoms with Crippen molar-refractivity contribution in [2.45, 2.75) is 20.3 Å². The molecular weight excluding hydrogens is 214 g/mol. The van der Waals surface area contributed by atoms with E-state index >= 15 is 0 Å². The van der Waals surface area contributed by atoms with E-state index in [4.69, 9.17) is 4.74 Å². The molecule has 3 heteroatoms. The average Bonchev–Trinajstić information content (AvgIpc) is 2.28. The maximum atomic E-state index is 10.9. The van der Waals surface area contributed by atoms with Crippen molar-refractivity contribution in [3.63, 3.8) is 0 Å². The molecule has 0 saturated carbocycles. The molecule has 0 aliphatic carbocycles. The second kappa shape index (κ2) is 7.07. The zero-order chi connectivity index (χ0) is 12.7. The third kappa shape index (κ3) is 5.50. The van der Waals surface area contributed by atoms with Crippen molar-refractivity contribution in [1.82, 2.24) is 4.90 Å². The van der Waals surface area contributed by atoms with Crippen LogP contribution in [0.2, 0.25) is 0 Å². The number of ketones is 1. The largest absolute Gasteiger partial charge is 0.494 e. The molecule has 0 N–H and O–H groups in total. The zero-order valence-electron chi connectivity index (χ0n) is 10.9. The Labute approximate surface area is 103 Å². The Bertz CT molecular complexity index is 346. The van der Waals surface area contributed by atoms with Crippen LogP contribution < -0.4 is 4.74 Å². The standard InChI is InChI=1S/C14H21NO2/c1-4-17-14-7-5-13(6-8-14)9-10-15(3)11-12(2)16/h5-8H,4,9-11H2,1-3H3. The van der Waals surface area contributed by atoms with E-state index in [0.717, 1.165) is 18.7 Å². The number of benzene rings is 1. The lowest BCUT2D eigenvalue weighted by Crippen LogP contribution is -2.26. The second-order valence-corrected chi connectivity index (χ2v) is 4.27. The summed E-state index contributed by atoms with van der Waals surface area (Å²) in [7, 11) is 1.97. The van der Waals surface area contributed by atoms with Crippen LogP contribution in [0.3, 0.4) is 0 Å². The molecule has 0 aliphatic rings. The van der Waals surface area contributed by atoms with Crippen molar-refractivity contribution in [3.8, 4) is 5.75 Å². The van der Waals surface area contributed by atoms with Gasteiger partial charge in [0.15, 0.2) is 0 Å². The molecule has 94 valence electrons. The lowest BCUT2D eigenvalue weighted by molar-refractivity contribution is -0.117. The lowest BCUT2D eigenvalue weighted by atomic mass is 10.1. The SMILES string of the molecule is CCOc1ccc(CCN(C)CC(C)=O)cc1. The predicted molar refractivity (Wildman–Crippen MR) is 69.5 cm³/mol. The first-order chi connectivity index (χ1) is 8.11. The van der Waals surface area contributed by atoms with Crippen LogP contribution in [-0.2, 0) is 11.2 Å². The molecule has 0 spiro atoms. The molecule has 17 heavy (non-hydrogen) atoms. The highest BCUT2D eigenvalue weighted by Gasteiger charge is 2.02. The minimum Gasteiger partial charge on any atom is -0.494 e. The van der Waals surface area contributed by atoms with Gasteiger partial charge in [-0.1, -0.05) is 12.1 Å². The van der Waals surface area contributed by atoms with Gasteiger partial charge in [0, 0.05) is 6.54 Å². The summed E-state index contributed by atoms with van der Waals surface area (Å²) in [4.78, 5) is 13.0. The van der Waals surface area contributed by atoms with E-state index < -0.39 is 0 Å². The summed E-state index contributed by atoms with van der Waals surface area (Å²) >= 11 is 0. The Morgan fingerprint density at radius 2 is 1.94 bits per heavy atom. The molecule has 0 amide bonds. The van der Waals surface area contributed by atoms with Crippen LogP contribution in [0.4, 0.5) is 0 Å². The minimum absolute atomic E-state index is 0.208. The highest BCUT2D eigenvalue weighted by Crippen LogP contribution is 2.12. The number of hydrogen-bond donors (Lipinski definition) is 0. The number of carbonyl (C=O) groups excluding carboxylic acids is 1.